The Morgan fingerprint density at radius 2 is 1.97 bits per heavy atom. The van der Waals surface area contributed by atoms with E-state index in [0.29, 0.717) is 18.2 Å². The number of imidazole rings is 1. The molecular weight excluding hydrogens is 427 g/mol. The molecule has 0 atom stereocenters. The molecular formula is C24H29FN4O4. The van der Waals surface area contributed by atoms with Crippen molar-refractivity contribution in [3.63, 3.8) is 0 Å². The first-order valence-corrected chi connectivity index (χ1v) is 11.0. The summed E-state index contributed by atoms with van der Waals surface area (Å²) in [5, 5.41) is 12.1. The van der Waals surface area contributed by atoms with Crippen LogP contribution in [0.2, 0.25) is 0 Å². The number of aryl methyl sites for hydroxylation is 2. The third-order valence-electron chi connectivity index (χ3n) is 5.23. The van der Waals surface area contributed by atoms with E-state index in [2.05, 4.69) is 15.8 Å². The van der Waals surface area contributed by atoms with Gasteiger partial charge in [0.25, 0.3) is 5.91 Å². The smallest absolute Gasteiger partial charge is 0.323 e. The highest BCUT2D eigenvalue weighted by Gasteiger charge is 2.25. The van der Waals surface area contributed by atoms with Crippen LogP contribution >= 0.6 is 0 Å². The van der Waals surface area contributed by atoms with Crippen LogP contribution in [0.5, 0.6) is 0 Å². The number of amides is 1. The van der Waals surface area contributed by atoms with Gasteiger partial charge in [-0.05, 0) is 50.3 Å². The molecule has 8 nitrogen and oxygen atoms in total. The van der Waals surface area contributed by atoms with Crippen LogP contribution in [-0.2, 0) is 16.2 Å². The van der Waals surface area contributed by atoms with E-state index in [1.807, 2.05) is 45.9 Å². The zero-order valence-electron chi connectivity index (χ0n) is 19.2. The second-order valence-corrected chi connectivity index (χ2v) is 7.88. The second-order valence-electron chi connectivity index (χ2n) is 7.88. The highest BCUT2D eigenvalue weighted by molar-refractivity contribution is 6.04. The molecule has 3 aromatic rings. The molecule has 1 aliphatic rings. The molecule has 1 aromatic heterocycles. The van der Waals surface area contributed by atoms with Gasteiger partial charge in [-0.2, -0.15) is 0 Å². The Morgan fingerprint density at radius 1 is 1.24 bits per heavy atom. The first-order chi connectivity index (χ1) is 15.8. The highest BCUT2D eigenvalue weighted by atomic mass is 19.1. The average Bonchev–Trinajstić information content (AvgIpc) is 3.52. The van der Waals surface area contributed by atoms with Gasteiger partial charge >= 0.3 is 5.97 Å². The molecule has 0 bridgehead atoms. The maximum Gasteiger partial charge on any atom is 0.323 e. The average molecular weight is 457 g/mol. The molecule has 9 heteroatoms. The number of hydroxylamine groups is 1. The Hall–Kier alpha value is -3.46. The van der Waals surface area contributed by atoms with E-state index >= 15 is 4.39 Å². The topological polar surface area (TPSA) is 105 Å². The van der Waals surface area contributed by atoms with E-state index < -0.39 is 24.2 Å². The second kappa shape index (κ2) is 10.4. The number of carbonyl (C=O) groups excluding carboxylic acids is 1. The predicted molar refractivity (Wildman–Crippen MR) is 124 cm³/mol. The van der Waals surface area contributed by atoms with Gasteiger partial charge in [-0.3, -0.25) is 14.4 Å². The molecule has 0 saturated heterocycles. The zero-order valence-corrected chi connectivity index (χ0v) is 19.2. The molecule has 3 N–H and O–H groups in total. The van der Waals surface area contributed by atoms with Crippen LogP contribution in [-0.4, -0.2) is 33.1 Å². The maximum atomic E-state index is 15.5. The van der Waals surface area contributed by atoms with Gasteiger partial charge in [0.05, 0.1) is 29.7 Å². The summed E-state index contributed by atoms with van der Waals surface area (Å²) < 4.78 is 16.8. The van der Waals surface area contributed by atoms with Crippen LogP contribution in [0, 0.1) is 25.6 Å². The lowest BCUT2D eigenvalue weighted by Crippen LogP contribution is -2.26. The van der Waals surface area contributed by atoms with Crippen molar-refractivity contribution >= 4 is 34.3 Å². The van der Waals surface area contributed by atoms with Crippen LogP contribution in [0.15, 0.2) is 30.6 Å². The lowest BCUT2D eigenvalue weighted by Gasteiger charge is -2.16. The first kappa shape index (κ1) is 24.2. The number of anilines is 2. The molecule has 0 radical (unpaired) electrons. The van der Waals surface area contributed by atoms with Crippen LogP contribution in [0.1, 0.15) is 48.2 Å². The molecule has 2 aromatic carbocycles. The third-order valence-corrected chi connectivity index (χ3v) is 5.23. The Bertz CT molecular complexity index is 1170. The van der Waals surface area contributed by atoms with Gasteiger partial charge < -0.3 is 15.0 Å². The third kappa shape index (κ3) is 5.67. The van der Waals surface area contributed by atoms with Gasteiger partial charge in [-0.15, -0.1) is 0 Å². The Balaban J connectivity index is 0.00000149. The molecule has 1 heterocycles. The molecule has 1 fully saturated rings. The van der Waals surface area contributed by atoms with Crippen LogP contribution in [0.3, 0.4) is 0 Å². The highest BCUT2D eigenvalue weighted by Crippen LogP contribution is 2.32. The predicted octanol–water partition coefficient (Wildman–Crippen LogP) is 4.72. The fraction of sp³-hybridized carbons (Fsp3) is 0.375. The lowest BCUT2D eigenvalue weighted by atomic mass is 10.1. The maximum absolute atomic E-state index is 15.5. The number of rotatable bonds is 8. The van der Waals surface area contributed by atoms with Crippen molar-refractivity contribution in [2.24, 2.45) is 5.92 Å². The van der Waals surface area contributed by atoms with E-state index in [1.54, 1.807) is 0 Å². The molecule has 176 valence electrons. The van der Waals surface area contributed by atoms with Crippen LogP contribution < -0.4 is 10.8 Å². The van der Waals surface area contributed by atoms with Gasteiger partial charge in [0.1, 0.15) is 12.1 Å². The van der Waals surface area contributed by atoms with Crippen molar-refractivity contribution < 1.29 is 23.9 Å². The SMILES string of the molecule is CC.Cc1ccc(Nc2c(C(=O)NOCC3CC3)cc3c(ncn3CC(=O)O)c2F)c(C)c1. The molecule has 1 amide bonds. The molecule has 4 rings (SSSR count). The summed E-state index contributed by atoms with van der Waals surface area (Å²) in [5.74, 6) is -2.04. The minimum Gasteiger partial charge on any atom is -0.480 e. The summed E-state index contributed by atoms with van der Waals surface area (Å²) in [6, 6.07) is 7.06. The Labute approximate surface area is 191 Å². The van der Waals surface area contributed by atoms with Crippen molar-refractivity contribution in [2.75, 3.05) is 11.9 Å². The summed E-state index contributed by atoms with van der Waals surface area (Å²) in [6.45, 7) is 7.83. The summed E-state index contributed by atoms with van der Waals surface area (Å²) in [6.07, 6.45) is 3.36. The van der Waals surface area contributed by atoms with Crippen LogP contribution in [0.25, 0.3) is 11.0 Å². The van der Waals surface area contributed by atoms with Gasteiger partial charge in [0, 0.05) is 5.69 Å². The molecule has 1 saturated carbocycles. The number of fused-ring (bicyclic) bond motifs is 1. The number of carbonyl (C=O) groups is 2. The number of hydrogen-bond donors (Lipinski definition) is 3. The fourth-order valence-corrected chi connectivity index (χ4v) is 3.38. The van der Waals surface area contributed by atoms with Crippen molar-refractivity contribution in [1.82, 2.24) is 15.0 Å². The number of carboxylic acid groups (broad SMARTS) is 1. The molecule has 1 aliphatic carbocycles. The summed E-state index contributed by atoms with van der Waals surface area (Å²) in [7, 11) is 0. The van der Waals surface area contributed by atoms with Crippen molar-refractivity contribution in [1.29, 1.82) is 0 Å². The standard InChI is InChI=1S/C22H23FN4O4.C2H6/c1-12-3-6-16(13(2)7-12)25-20-15(22(30)26-31-10-14-4-5-14)8-17-21(19(20)23)24-11-27(17)9-18(28)29;1-2/h3,6-8,11,14,25H,4-5,9-10H2,1-2H3,(H,26,30)(H,28,29);1-2H3. The van der Waals surface area contributed by atoms with Crippen molar-refractivity contribution in [2.45, 2.75) is 47.1 Å². The van der Waals surface area contributed by atoms with Gasteiger partial charge in [0.15, 0.2) is 5.82 Å². The minimum absolute atomic E-state index is 0.00656. The van der Waals surface area contributed by atoms with Gasteiger partial charge in [-0.25, -0.2) is 14.9 Å². The van der Waals surface area contributed by atoms with E-state index in [1.165, 1.54) is 17.0 Å². The number of carboxylic acids is 1. The fourth-order valence-electron chi connectivity index (χ4n) is 3.38. The largest absolute Gasteiger partial charge is 0.480 e. The number of nitrogens with one attached hydrogen (secondary N) is 2. The minimum atomic E-state index is -1.10. The number of aliphatic carboxylic acids is 1. The summed E-state index contributed by atoms with van der Waals surface area (Å²) >= 11 is 0. The van der Waals surface area contributed by atoms with E-state index in [4.69, 9.17) is 9.94 Å². The lowest BCUT2D eigenvalue weighted by molar-refractivity contribution is -0.137. The molecule has 0 spiro atoms. The number of halogens is 1. The Kier molecular flexibility index (Phi) is 7.65. The van der Waals surface area contributed by atoms with Gasteiger partial charge in [0.2, 0.25) is 0 Å². The number of benzene rings is 2. The van der Waals surface area contributed by atoms with Crippen molar-refractivity contribution in [3.8, 4) is 0 Å². The number of nitrogens with zero attached hydrogens (tertiary/aromatic N) is 2. The monoisotopic (exact) mass is 456 g/mol. The van der Waals surface area contributed by atoms with Gasteiger partial charge in [-0.1, -0.05) is 31.5 Å². The van der Waals surface area contributed by atoms with E-state index in [9.17, 15) is 9.59 Å². The van der Waals surface area contributed by atoms with E-state index in [0.717, 1.165) is 24.0 Å². The van der Waals surface area contributed by atoms with E-state index in [-0.39, 0.29) is 22.3 Å². The quantitative estimate of drug-likeness (QED) is 0.424. The van der Waals surface area contributed by atoms with Crippen molar-refractivity contribution in [3.05, 3.63) is 53.1 Å². The first-order valence-electron chi connectivity index (χ1n) is 11.0. The summed E-state index contributed by atoms with van der Waals surface area (Å²) in [4.78, 5) is 33.3. The molecule has 0 unspecified atom stereocenters. The van der Waals surface area contributed by atoms with Crippen LogP contribution in [0.4, 0.5) is 15.8 Å². The number of aromatic nitrogens is 2. The normalized spacial score (nSPS) is 12.8. The Morgan fingerprint density at radius 3 is 2.61 bits per heavy atom. The number of hydrogen-bond acceptors (Lipinski definition) is 5. The zero-order chi connectivity index (χ0) is 24.1. The summed E-state index contributed by atoms with van der Waals surface area (Å²) in [5.41, 5.74) is 5.08. The molecule has 33 heavy (non-hydrogen) atoms. The molecule has 0 aliphatic heterocycles.